The summed E-state index contributed by atoms with van der Waals surface area (Å²) >= 11 is 0. The molecule has 0 aliphatic heterocycles. The molecular formula is C10H15N3O3. The molecule has 1 atom stereocenters. The van der Waals surface area contributed by atoms with Crippen LogP contribution in [0.3, 0.4) is 0 Å². The summed E-state index contributed by atoms with van der Waals surface area (Å²) in [4.78, 5) is 15.1. The number of methoxy groups -OCH3 is 2. The lowest BCUT2D eigenvalue weighted by molar-refractivity contribution is -0.142. The fourth-order valence-electron chi connectivity index (χ4n) is 1.32. The van der Waals surface area contributed by atoms with E-state index in [0.717, 1.165) is 0 Å². The van der Waals surface area contributed by atoms with Gasteiger partial charge in [0.25, 0.3) is 0 Å². The highest BCUT2D eigenvalue weighted by Gasteiger charge is 2.17. The summed E-state index contributed by atoms with van der Waals surface area (Å²) in [5.41, 5.74) is 12.4. The summed E-state index contributed by atoms with van der Waals surface area (Å²) in [6, 6.07) is 0.928. The molecule has 0 saturated carbocycles. The molecule has 1 aromatic heterocycles. The van der Waals surface area contributed by atoms with E-state index in [-0.39, 0.29) is 6.42 Å². The van der Waals surface area contributed by atoms with Crippen molar-refractivity contribution in [3.8, 4) is 5.88 Å². The molecule has 6 nitrogen and oxygen atoms in total. The number of pyridine rings is 1. The van der Waals surface area contributed by atoms with Crippen molar-refractivity contribution in [2.45, 2.75) is 12.5 Å². The third-order valence-corrected chi connectivity index (χ3v) is 2.08. The molecule has 0 bridgehead atoms. The first-order valence-corrected chi connectivity index (χ1v) is 4.70. The quantitative estimate of drug-likeness (QED) is 0.683. The van der Waals surface area contributed by atoms with E-state index in [4.69, 9.17) is 16.2 Å². The number of esters is 1. The number of ether oxygens (including phenoxy) is 2. The molecule has 0 saturated heterocycles. The summed E-state index contributed by atoms with van der Waals surface area (Å²) in [6.45, 7) is 0. The van der Waals surface area contributed by atoms with Gasteiger partial charge < -0.3 is 20.9 Å². The van der Waals surface area contributed by atoms with E-state index >= 15 is 0 Å². The number of hydrogen-bond acceptors (Lipinski definition) is 6. The van der Waals surface area contributed by atoms with Crippen molar-refractivity contribution in [2.24, 2.45) is 5.73 Å². The lowest BCUT2D eigenvalue weighted by Crippen LogP contribution is -2.33. The number of nitrogens with two attached hydrogens (primary N) is 2. The number of hydrogen-bond donors (Lipinski definition) is 2. The second kappa shape index (κ2) is 5.32. The van der Waals surface area contributed by atoms with Crippen LogP contribution in [0.5, 0.6) is 5.88 Å². The molecule has 1 heterocycles. The maximum atomic E-state index is 11.2. The summed E-state index contributed by atoms with van der Waals surface area (Å²) in [5.74, 6) is -0.0713. The first-order valence-electron chi connectivity index (χ1n) is 4.70. The third kappa shape index (κ3) is 2.83. The van der Waals surface area contributed by atoms with Crippen LogP contribution in [-0.2, 0) is 16.0 Å². The second-order valence-electron chi connectivity index (χ2n) is 3.27. The highest BCUT2D eigenvalue weighted by Crippen LogP contribution is 2.18. The van der Waals surface area contributed by atoms with Gasteiger partial charge in [-0.3, -0.25) is 4.79 Å². The maximum absolute atomic E-state index is 11.2. The zero-order valence-corrected chi connectivity index (χ0v) is 9.27. The predicted molar refractivity (Wildman–Crippen MR) is 58.9 cm³/mol. The van der Waals surface area contributed by atoms with Crippen molar-refractivity contribution >= 4 is 11.7 Å². The Labute approximate surface area is 93.5 Å². The standard InChI is InChI=1S/C10H15N3O3/c1-15-9-6(3-7(11)5-13-9)4-8(12)10(14)16-2/h3,5,8H,4,11-12H2,1-2H3/t8-/m0/s1. The van der Waals surface area contributed by atoms with Gasteiger partial charge in [-0.15, -0.1) is 0 Å². The molecule has 0 aliphatic rings. The number of anilines is 1. The molecule has 4 N–H and O–H groups in total. The van der Waals surface area contributed by atoms with Gasteiger partial charge in [0.1, 0.15) is 6.04 Å². The van der Waals surface area contributed by atoms with E-state index in [1.165, 1.54) is 20.4 Å². The summed E-state index contributed by atoms with van der Waals surface area (Å²) in [7, 11) is 2.78. The van der Waals surface area contributed by atoms with Crippen LogP contribution >= 0.6 is 0 Å². The van der Waals surface area contributed by atoms with E-state index < -0.39 is 12.0 Å². The molecule has 16 heavy (non-hydrogen) atoms. The Morgan fingerprint density at radius 1 is 1.56 bits per heavy atom. The number of aromatic nitrogens is 1. The fourth-order valence-corrected chi connectivity index (χ4v) is 1.32. The average molecular weight is 225 g/mol. The van der Waals surface area contributed by atoms with Crippen LogP contribution in [0.1, 0.15) is 5.56 Å². The van der Waals surface area contributed by atoms with Gasteiger partial charge >= 0.3 is 5.97 Å². The Morgan fingerprint density at radius 2 is 2.25 bits per heavy atom. The minimum absolute atomic E-state index is 0.272. The maximum Gasteiger partial charge on any atom is 0.322 e. The highest BCUT2D eigenvalue weighted by molar-refractivity contribution is 5.75. The van der Waals surface area contributed by atoms with Crippen molar-refractivity contribution in [1.82, 2.24) is 4.98 Å². The number of carbonyl (C=O) groups excluding carboxylic acids is 1. The number of rotatable bonds is 4. The van der Waals surface area contributed by atoms with Gasteiger partial charge in [-0.05, 0) is 6.07 Å². The fraction of sp³-hybridized carbons (Fsp3) is 0.400. The van der Waals surface area contributed by atoms with Crippen molar-refractivity contribution in [1.29, 1.82) is 0 Å². The minimum atomic E-state index is -0.748. The molecule has 1 aromatic rings. The molecule has 0 aromatic carbocycles. The third-order valence-electron chi connectivity index (χ3n) is 2.08. The smallest absolute Gasteiger partial charge is 0.322 e. The lowest BCUT2D eigenvalue weighted by atomic mass is 10.1. The van der Waals surface area contributed by atoms with Crippen LogP contribution in [0.25, 0.3) is 0 Å². The molecule has 0 unspecified atom stereocenters. The van der Waals surface area contributed by atoms with Crippen molar-refractivity contribution in [3.63, 3.8) is 0 Å². The van der Waals surface area contributed by atoms with E-state index in [1.54, 1.807) is 6.07 Å². The molecule has 0 fully saturated rings. The normalized spacial score (nSPS) is 11.9. The zero-order valence-electron chi connectivity index (χ0n) is 9.27. The van der Waals surface area contributed by atoms with Crippen LogP contribution in [-0.4, -0.2) is 31.2 Å². The Bertz CT molecular complexity index is 382. The van der Waals surface area contributed by atoms with Crippen LogP contribution in [0, 0.1) is 0 Å². The van der Waals surface area contributed by atoms with Gasteiger partial charge in [-0.25, -0.2) is 4.98 Å². The molecule has 0 spiro atoms. The van der Waals surface area contributed by atoms with Crippen molar-refractivity contribution < 1.29 is 14.3 Å². The first kappa shape index (κ1) is 12.3. The number of nitrogens with zero attached hydrogens (tertiary/aromatic N) is 1. The molecule has 0 radical (unpaired) electrons. The molecule has 0 aliphatic carbocycles. The van der Waals surface area contributed by atoms with Gasteiger partial charge in [0.15, 0.2) is 0 Å². The van der Waals surface area contributed by atoms with Crippen LogP contribution in [0.15, 0.2) is 12.3 Å². The Morgan fingerprint density at radius 3 is 2.81 bits per heavy atom. The van der Waals surface area contributed by atoms with Gasteiger partial charge in [-0.2, -0.15) is 0 Å². The molecule has 1 rings (SSSR count). The largest absolute Gasteiger partial charge is 0.481 e. The summed E-state index contributed by atoms with van der Waals surface area (Å²) in [6.07, 6.45) is 1.75. The van der Waals surface area contributed by atoms with Gasteiger partial charge in [-0.1, -0.05) is 0 Å². The van der Waals surface area contributed by atoms with E-state index in [9.17, 15) is 4.79 Å². The summed E-state index contributed by atoms with van der Waals surface area (Å²) < 4.78 is 9.57. The van der Waals surface area contributed by atoms with Crippen molar-refractivity contribution in [2.75, 3.05) is 20.0 Å². The van der Waals surface area contributed by atoms with E-state index in [2.05, 4.69) is 9.72 Å². The predicted octanol–water partition coefficient (Wildman–Crippen LogP) is -0.285. The highest BCUT2D eigenvalue weighted by atomic mass is 16.5. The number of nitrogen functional groups attached to an aromatic ring is 1. The molecular weight excluding hydrogens is 210 g/mol. The van der Waals surface area contributed by atoms with Gasteiger partial charge in [0.05, 0.1) is 26.1 Å². The van der Waals surface area contributed by atoms with Crippen LogP contribution < -0.4 is 16.2 Å². The van der Waals surface area contributed by atoms with Gasteiger partial charge in [0, 0.05) is 12.0 Å². The van der Waals surface area contributed by atoms with E-state index in [1.807, 2.05) is 0 Å². The van der Waals surface area contributed by atoms with Crippen LogP contribution in [0.2, 0.25) is 0 Å². The average Bonchev–Trinajstić information content (AvgIpc) is 2.28. The molecule has 0 amide bonds. The van der Waals surface area contributed by atoms with E-state index in [0.29, 0.717) is 17.1 Å². The second-order valence-corrected chi connectivity index (χ2v) is 3.27. The monoisotopic (exact) mass is 225 g/mol. The topological polar surface area (TPSA) is 100 Å². The summed E-state index contributed by atoms with van der Waals surface area (Å²) in [5, 5.41) is 0. The number of carbonyl (C=O) groups is 1. The zero-order chi connectivity index (χ0) is 12.1. The SMILES string of the molecule is COC(=O)[C@@H](N)Cc1cc(N)cnc1OC. The van der Waals surface area contributed by atoms with Gasteiger partial charge in [0.2, 0.25) is 5.88 Å². The Kier molecular flexibility index (Phi) is 4.07. The first-order chi connectivity index (χ1) is 7.58. The Hall–Kier alpha value is -1.82. The van der Waals surface area contributed by atoms with Crippen LogP contribution in [0.4, 0.5) is 5.69 Å². The lowest BCUT2D eigenvalue weighted by Gasteiger charge is -2.12. The van der Waals surface area contributed by atoms with Crippen molar-refractivity contribution in [3.05, 3.63) is 17.8 Å². The Balaban J connectivity index is 2.86. The minimum Gasteiger partial charge on any atom is -0.481 e. The molecule has 6 heteroatoms. The molecule has 88 valence electrons.